The number of nitriles is 1. The van der Waals surface area contributed by atoms with Crippen LogP contribution in [0.15, 0.2) is 60.3 Å². The lowest BCUT2D eigenvalue weighted by atomic mass is 9.87. The van der Waals surface area contributed by atoms with Gasteiger partial charge in [-0.05, 0) is 72.6 Å². The molecule has 36 heavy (non-hydrogen) atoms. The Bertz CT molecular complexity index is 1620. The molecule has 2 aliphatic carbocycles. The van der Waals surface area contributed by atoms with Crippen LogP contribution in [0.1, 0.15) is 65.2 Å². The van der Waals surface area contributed by atoms with Gasteiger partial charge in [0.05, 0.1) is 22.5 Å². The molecule has 4 nitrogen and oxygen atoms in total. The van der Waals surface area contributed by atoms with Gasteiger partial charge >= 0.3 is 0 Å². The average Bonchev–Trinajstić information content (AvgIpc) is 3.80. The van der Waals surface area contributed by atoms with E-state index in [1.807, 2.05) is 18.3 Å². The molecule has 2 aromatic heterocycles. The van der Waals surface area contributed by atoms with Gasteiger partial charge in [0.2, 0.25) is 0 Å². The standard InChI is InChI=1S/C30H23ClFN3O/c31-25-2-1-11-35-26(29(19-6-7-19)34-30(25)35)13-17-3-9-22-20(12-17)16-36-27-14-21(32)8-10-23(27)28(22)24(15-33)18-4-5-18/h1-3,8-12,14,18-19H,4-7,13,16H2. The maximum atomic E-state index is 14.1. The number of rotatable bonds is 4. The van der Waals surface area contributed by atoms with Gasteiger partial charge in [-0.2, -0.15) is 5.26 Å². The normalized spacial score (nSPS) is 18.1. The minimum atomic E-state index is -0.344. The third-order valence-electron chi connectivity index (χ3n) is 7.48. The summed E-state index contributed by atoms with van der Waals surface area (Å²) in [5.41, 5.74) is 8.70. The van der Waals surface area contributed by atoms with E-state index in [9.17, 15) is 9.65 Å². The summed E-state index contributed by atoms with van der Waals surface area (Å²) in [6.45, 7) is 0.320. The van der Waals surface area contributed by atoms with Crippen molar-refractivity contribution in [3.05, 3.63) is 105 Å². The van der Waals surface area contributed by atoms with Crippen molar-refractivity contribution in [2.45, 2.75) is 44.6 Å². The van der Waals surface area contributed by atoms with Crippen LogP contribution in [0.5, 0.6) is 5.75 Å². The quantitative estimate of drug-likeness (QED) is 0.281. The molecule has 2 saturated carbocycles. The van der Waals surface area contributed by atoms with Crippen molar-refractivity contribution in [2.24, 2.45) is 5.92 Å². The Balaban J connectivity index is 1.35. The van der Waals surface area contributed by atoms with E-state index in [1.54, 1.807) is 6.07 Å². The average molecular weight is 496 g/mol. The summed E-state index contributed by atoms with van der Waals surface area (Å²) in [6.07, 6.45) is 7.09. The first-order valence-corrected chi connectivity index (χ1v) is 12.8. The second-order valence-electron chi connectivity index (χ2n) is 10.0. The predicted molar refractivity (Wildman–Crippen MR) is 137 cm³/mol. The number of imidazole rings is 1. The topological polar surface area (TPSA) is 50.3 Å². The Morgan fingerprint density at radius 1 is 1.11 bits per heavy atom. The Labute approximate surface area is 213 Å². The van der Waals surface area contributed by atoms with E-state index in [0.29, 0.717) is 23.3 Å². The maximum Gasteiger partial charge on any atom is 0.156 e. The minimum absolute atomic E-state index is 0.262. The third-order valence-corrected chi connectivity index (χ3v) is 7.77. The van der Waals surface area contributed by atoms with Gasteiger partial charge in [-0.3, -0.25) is 0 Å². The van der Waals surface area contributed by atoms with Gasteiger partial charge in [-0.25, -0.2) is 9.37 Å². The largest absolute Gasteiger partial charge is 0.488 e. The first-order chi connectivity index (χ1) is 17.6. The van der Waals surface area contributed by atoms with Crippen molar-refractivity contribution in [3.63, 3.8) is 0 Å². The number of nitrogens with zero attached hydrogens (tertiary/aromatic N) is 3. The smallest absolute Gasteiger partial charge is 0.156 e. The van der Waals surface area contributed by atoms with E-state index in [-0.39, 0.29) is 11.7 Å². The van der Waals surface area contributed by atoms with Crippen LogP contribution < -0.4 is 4.74 Å². The zero-order valence-corrected chi connectivity index (χ0v) is 20.4. The molecule has 0 unspecified atom stereocenters. The summed E-state index contributed by atoms with van der Waals surface area (Å²) >= 11 is 6.47. The summed E-state index contributed by atoms with van der Waals surface area (Å²) in [5, 5.41) is 10.7. The molecule has 3 aliphatic rings. The molecule has 2 fully saturated rings. The lowest BCUT2D eigenvalue weighted by molar-refractivity contribution is 0.305. The third kappa shape index (κ3) is 3.60. The molecule has 178 valence electrons. The number of halogens is 2. The van der Waals surface area contributed by atoms with Crippen LogP contribution in [0.4, 0.5) is 4.39 Å². The molecule has 4 aromatic rings. The van der Waals surface area contributed by atoms with Gasteiger partial charge in [-0.1, -0.05) is 29.8 Å². The van der Waals surface area contributed by atoms with E-state index in [0.717, 1.165) is 76.8 Å². The molecule has 0 N–H and O–H groups in total. The molecule has 0 amide bonds. The van der Waals surface area contributed by atoms with Crippen molar-refractivity contribution in [3.8, 4) is 11.8 Å². The highest BCUT2D eigenvalue weighted by Crippen LogP contribution is 2.46. The number of fused-ring (bicyclic) bond motifs is 3. The zero-order valence-electron chi connectivity index (χ0n) is 19.6. The molecule has 2 aromatic carbocycles. The minimum Gasteiger partial charge on any atom is -0.488 e. The highest BCUT2D eigenvalue weighted by molar-refractivity contribution is 6.33. The molecular formula is C30H23ClFN3O. The number of allylic oxidation sites excluding steroid dienone is 1. The van der Waals surface area contributed by atoms with Gasteiger partial charge in [-0.15, -0.1) is 0 Å². The Morgan fingerprint density at radius 2 is 1.94 bits per heavy atom. The zero-order chi connectivity index (χ0) is 24.4. The molecule has 0 saturated heterocycles. The number of hydrogen-bond acceptors (Lipinski definition) is 3. The van der Waals surface area contributed by atoms with Gasteiger partial charge < -0.3 is 9.14 Å². The fraction of sp³-hybridized carbons (Fsp3) is 0.267. The Hall–Kier alpha value is -3.62. The molecule has 7 rings (SSSR count). The van der Waals surface area contributed by atoms with E-state index in [1.165, 1.54) is 17.8 Å². The van der Waals surface area contributed by atoms with Crippen LogP contribution >= 0.6 is 11.6 Å². The van der Waals surface area contributed by atoms with Crippen LogP contribution in [0.3, 0.4) is 0 Å². The fourth-order valence-corrected chi connectivity index (χ4v) is 5.62. The first-order valence-electron chi connectivity index (χ1n) is 12.4. The molecule has 0 radical (unpaired) electrons. The fourth-order valence-electron chi connectivity index (χ4n) is 5.41. The lowest BCUT2D eigenvalue weighted by Gasteiger charge is -2.14. The number of pyridine rings is 1. The SMILES string of the molecule is N#CC(=C1c2ccc(Cc3c(C4CC4)nc4c(Cl)cccn34)cc2COc2cc(F)ccc21)C1CC1. The summed E-state index contributed by atoms with van der Waals surface area (Å²) in [5.74, 6) is 0.903. The summed E-state index contributed by atoms with van der Waals surface area (Å²) in [6, 6.07) is 17.3. The first kappa shape index (κ1) is 21.6. The van der Waals surface area contributed by atoms with E-state index >= 15 is 0 Å². The van der Waals surface area contributed by atoms with Crippen LogP contribution in [0.2, 0.25) is 5.02 Å². The Morgan fingerprint density at radius 3 is 2.72 bits per heavy atom. The lowest BCUT2D eigenvalue weighted by Crippen LogP contribution is -2.02. The van der Waals surface area contributed by atoms with Crippen LogP contribution in [0.25, 0.3) is 11.2 Å². The second-order valence-corrected chi connectivity index (χ2v) is 10.4. The molecule has 1 aliphatic heterocycles. The molecule has 0 bridgehead atoms. The van der Waals surface area contributed by atoms with Crippen molar-refractivity contribution < 1.29 is 9.13 Å². The van der Waals surface area contributed by atoms with Crippen molar-refractivity contribution >= 4 is 22.8 Å². The molecular weight excluding hydrogens is 473 g/mol. The van der Waals surface area contributed by atoms with Crippen molar-refractivity contribution in [1.82, 2.24) is 9.38 Å². The molecule has 6 heteroatoms. The summed E-state index contributed by atoms with van der Waals surface area (Å²) in [7, 11) is 0. The van der Waals surface area contributed by atoms with Gasteiger partial charge in [0.25, 0.3) is 0 Å². The van der Waals surface area contributed by atoms with Crippen LogP contribution in [0, 0.1) is 23.1 Å². The highest BCUT2D eigenvalue weighted by atomic mass is 35.5. The maximum absolute atomic E-state index is 14.1. The molecule has 0 spiro atoms. The molecule has 0 atom stereocenters. The number of benzene rings is 2. The van der Waals surface area contributed by atoms with E-state index < -0.39 is 0 Å². The number of ether oxygens (including phenoxy) is 1. The van der Waals surface area contributed by atoms with Crippen LogP contribution in [-0.4, -0.2) is 9.38 Å². The van der Waals surface area contributed by atoms with Gasteiger partial charge in [0.15, 0.2) is 5.65 Å². The highest BCUT2D eigenvalue weighted by Gasteiger charge is 2.33. The molecule has 3 heterocycles. The predicted octanol–water partition coefficient (Wildman–Crippen LogP) is 7.22. The Kier molecular flexibility index (Phi) is 4.94. The van der Waals surface area contributed by atoms with Gasteiger partial charge in [0.1, 0.15) is 18.2 Å². The van der Waals surface area contributed by atoms with Crippen molar-refractivity contribution in [2.75, 3.05) is 0 Å². The summed E-state index contributed by atoms with van der Waals surface area (Å²) < 4.78 is 22.3. The number of aromatic nitrogens is 2. The van der Waals surface area contributed by atoms with Gasteiger partial charge in [0, 0.05) is 41.3 Å². The van der Waals surface area contributed by atoms with Crippen LogP contribution in [-0.2, 0) is 13.0 Å². The van der Waals surface area contributed by atoms with E-state index in [4.69, 9.17) is 21.3 Å². The second kappa shape index (κ2) is 8.21. The van der Waals surface area contributed by atoms with Crippen molar-refractivity contribution in [1.29, 1.82) is 5.26 Å². The monoisotopic (exact) mass is 495 g/mol. The summed E-state index contributed by atoms with van der Waals surface area (Å²) in [4.78, 5) is 4.91. The number of hydrogen-bond donors (Lipinski definition) is 0. The van der Waals surface area contributed by atoms with E-state index in [2.05, 4.69) is 28.7 Å².